The van der Waals surface area contributed by atoms with Crippen LogP contribution in [0.5, 0.6) is 0 Å². The van der Waals surface area contributed by atoms with Crippen LogP contribution in [0.25, 0.3) is 0 Å². The lowest BCUT2D eigenvalue weighted by atomic mass is 10.2. The molecule has 0 aromatic heterocycles. The molecule has 1 unspecified atom stereocenters. The molecule has 0 aromatic carbocycles. The molecule has 5 heteroatoms. The highest BCUT2D eigenvalue weighted by atomic mass is 127. The molecule has 12 heavy (non-hydrogen) atoms. The second-order valence-electron chi connectivity index (χ2n) is 3.28. The van der Waals surface area contributed by atoms with Crippen LogP contribution in [0.15, 0.2) is 0 Å². The second-order valence-corrected chi connectivity index (χ2v) is 5.60. The number of nitrogens with zero attached hydrogens (tertiary/aromatic N) is 1. The zero-order valence-electron chi connectivity index (χ0n) is 6.90. The summed E-state index contributed by atoms with van der Waals surface area (Å²) < 4.78 is 25.0. The quantitative estimate of drug-likeness (QED) is 0.379. The Morgan fingerprint density at radius 2 is 2.08 bits per heavy atom. The van der Waals surface area contributed by atoms with Gasteiger partial charge in [-0.15, -0.1) is 0 Å². The first-order valence-corrected chi connectivity index (χ1v) is 4.67. The Labute approximate surface area is 83.4 Å². The first kappa shape index (κ1) is 10.1. The van der Waals surface area contributed by atoms with Crippen molar-refractivity contribution in [3.63, 3.8) is 0 Å². The number of likely N-dealkylation sites (tertiary alicyclic amines) is 1. The summed E-state index contributed by atoms with van der Waals surface area (Å²) in [5, 5.41) is 0. The molecule has 1 saturated heterocycles. The predicted octanol–water partition coefficient (Wildman–Crippen LogP) is 2.03. The van der Waals surface area contributed by atoms with E-state index in [4.69, 9.17) is 0 Å². The molecule has 70 valence electrons. The molecule has 0 N–H and O–H groups in total. The van der Waals surface area contributed by atoms with Crippen LogP contribution in [0.1, 0.15) is 20.3 Å². The SMILES string of the molecule is CC(=O)N1CC(F)(F)CC1(C)I. The van der Waals surface area contributed by atoms with Crippen LogP contribution in [0.4, 0.5) is 8.78 Å². The van der Waals surface area contributed by atoms with Crippen molar-refractivity contribution in [2.24, 2.45) is 0 Å². The lowest BCUT2D eigenvalue weighted by Gasteiger charge is -2.27. The number of carbonyl (C=O) groups is 1. The van der Waals surface area contributed by atoms with Crippen LogP contribution in [0.3, 0.4) is 0 Å². The minimum atomic E-state index is -2.72. The molecule has 0 spiro atoms. The third kappa shape index (κ3) is 1.86. The topological polar surface area (TPSA) is 20.3 Å². The second kappa shape index (κ2) is 2.78. The summed E-state index contributed by atoms with van der Waals surface area (Å²) in [7, 11) is 0. The van der Waals surface area contributed by atoms with Crippen LogP contribution < -0.4 is 0 Å². The molecule has 0 aliphatic carbocycles. The summed E-state index contributed by atoms with van der Waals surface area (Å²) in [5.74, 6) is -3.01. The zero-order valence-corrected chi connectivity index (χ0v) is 9.06. The van der Waals surface area contributed by atoms with E-state index in [1.54, 1.807) is 6.92 Å². The van der Waals surface area contributed by atoms with Crippen molar-refractivity contribution >= 4 is 28.5 Å². The summed E-state index contributed by atoms with van der Waals surface area (Å²) in [6.07, 6.45) is -0.250. The largest absolute Gasteiger partial charge is 0.322 e. The molecular weight excluding hydrogens is 279 g/mol. The van der Waals surface area contributed by atoms with Gasteiger partial charge < -0.3 is 4.90 Å². The molecule has 0 radical (unpaired) electrons. The van der Waals surface area contributed by atoms with Gasteiger partial charge in [-0.25, -0.2) is 8.78 Å². The highest BCUT2D eigenvalue weighted by molar-refractivity contribution is 14.1. The average molecular weight is 289 g/mol. The molecule has 0 bridgehead atoms. The number of rotatable bonds is 0. The Morgan fingerprint density at radius 1 is 1.58 bits per heavy atom. The van der Waals surface area contributed by atoms with Gasteiger partial charge in [-0.1, -0.05) is 22.6 Å². The number of hydrogen-bond acceptors (Lipinski definition) is 1. The van der Waals surface area contributed by atoms with E-state index in [-0.39, 0.29) is 12.3 Å². The predicted molar refractivity (Wildman–Crippen MR) is 49.4 cm³/mol. The number of alkyl halides is 3. The van der Waals surface area contributed by atoms with Gasteiger partial charge in [-0.2, -0.15) is 0 Å². The van der Waals surface area contributed by atoms with Crippen molar-refractivity contribution in [2.45, 2.75) is 29.7 Å². The Hall–Kier alpha value is 0.0600. The van der Waals surface area contributed by atoms with Crippen molar-refractivity contribution in [3.8, 4) is 0 Å². The first-order valence-electron chi connectivity index (χ1n) is 3.60. The van der Waals surface area contributed by atoms with E-state index in [2.05, 4.69) is 0 Å². The van der Waals surface area contributed by atoms with E-state index in [0.717, 1.165) is 0 Å². The van der Waals surface area contributed by atoms with Crippen LogP contribution in [-0.2, 0) is 4.79 Å². The highest BCUT2D eigenvalue weighted by Gasteiger charge is 2.51. The van der Waals surface area contributed by atoms with E-state index < -0.39 is 16.0 Å². The third-order valence-electron chi connectivity index (χ3n) is 1.91. The number of hydrogen-bond donors (Lipinski definition) is 0. The van der Waals surface area contributed by atoms with Crippen molar-refractivity contribution in [3.05, 3.63) is 0 Å². The molecule has 1 fully saturated rings. The monoisotopic (exact) mass is 289 g/mol. The Kier molecular flexibility index (Phi) is 2.35. The summed E-state index contributed by atoms with van der Waals surface area (Å²) in [6, 6.07) is 0. The lowest BCUT2D eigenvalue weighted by Crippen LogP contribution is -2.39. The normalized spacial score (nSPS) is 33.9. The van der Waals surface area contributed by atoms with Gasteiger partial charge in [-0.05, 0) is 6.92 Å². The molecule has 0 saturated carbocycles. The molecule has 2 nitrogen and oxygen atoms in total. The molecular formula is C7H10F2INO. The fraction of sp³-hybridized carbons (Fsp3) is 0.857. The van der Waals surface area contributed by atoms with E-state index in [9.17, 15) is 13.6 Å². The van der Waals surface area contributed by atoms with Gasteiger partial charge in [0.15, 0.2) is 0 Å². The molecule has 1 amide bonds. The van der Waals surface area contributed by atoms with E-state index in [0.29, 0.717) is 0 Å². The van der Waals surface area contributed by atoms with Crippen molar-refractivity contribution in [1.29, 1.82) is 0 Å². The smallest absolute Gasteiger partial charge is 0.268 e. The molecule has 1 heterocycles. The Morgan fingerprint density at radius 3 is 2.25 bits per heavy atom. The van der Waals surface area contributed by atoms with Gasteiger partial charge in [0.1, 0.15) is 0 Å². The lowest BCUT2D eigenvalue weighted by molar-refractivity contribution is -0.130. The molecule has 1 atom stereocenters. The van der Waals surface area contributed by atoms with Gasteiger partial charge in [0, 0.05) is 13.3 Å². The summed E-state index contributed by atoms with van der Waals surface area (Å²) in [6.45, 7) is 2.52. The molecule has 1 rings (SSSR count). The van der Waals surface area contributed by atoms with Gasteiger partial charge in [-0.3, -0.25) is 4.79 Å². The maximum Gasteiger partial charge on any atom is 0.268 e. The van der Waals surface area contributed by atoms with Gasteiger partial charge in [0.05, 0.1) is 10.1 Å². The van der Waals surface area contributed by atoms with Crippen LogP contribution in [-0.4, -0.2) is 26.8 Å². The molecule has 0 aromatic rings. The average Bonchev–Trinajstić information content (AvgIpc) is 1.99. The fourth-order valence-electron chi connectivity index (χ4n) is 1.46. The van der Waals surface area contributed by atoms with Crippen LogP contribution >= 0.6 is 22.6 Å². The highest BCUT2D eigenvalue weighted by Crippen LogP contribution is 2.43. The van der Waals surface area contributed by atoms with Crippen molar-refractivity contribution in [2.75, 3.05) is 6.54 Å². The summed E-state index contributed by atoms with van der Waals surface area (Å²) in [5.41, 5.74) is 0. The van der Waals surface area contributed by atoms with Gasteiger partial charge in [0.25, 0.3) is 5.92 Å². The van der Waals surface area contributed by atoms with Crippen LogP contribution in [0.2, 0.25) is 0 Å². The minimum Gasteiger partial charge on any atom is -0.322 e. The Balaban J connectivity index is 2.85. The summed E-state index contributed by atoms with van der Waals surface area (Å²) >= 11 is 1.89. The Bertz CT molecular complexity index is 217. The van der Waals surface area contributed by atoms with Gasteiger partial charge in [0.2, 0.25) is 5.91 Å². The maximum atomic E-state index is 12.9. The van der Waals surface area contributed by atoms with Crippen LogP contribution in [0, 0.1) is 0 Å². The number of amides is 1. The molecule has 1 aliphatic heterocycles. The summed E-state index contributed by atoms with van der Waals surface area (Å²) in [4.78, 5) is 12.2. The third-order valence-corrected chi connectivity index (χ3v) is 2.88. The van der Waals surface area contributed by atoms with E-state index >= 15 is 0 Å². The molecule has 1 aliphatic rings. The van der Waals surface area contributed by atoms with E-state index in [1.165, 1.54) is 11.8 Å². The standard InChI is InChI=1S/C7H10F2INO/c1-5(12)11-4-7(8,9)3-6(11,2)10/h3-4H2,1-2H3. The number of carbonyl (C=O) groups excluding carboxylic acids is 1. The maximum absolute atomic E-state index is 12.9. The first-order chi connectivity index (χ1) is 5.25. The fourth-order valence-corrected chi connectivity index (χ4v) is 2.53. The van der Waals surface area contributed by atoms with Gasteiger partial charge >= 0.3 is 0 Å². The zero-order chi connectivity index (χ0) is 9.57. The number of halogens is 3. The van der Waals surface area contributed by atoms with Crippen molar-refractivity contribution < 1.29 is 13.6 Å². The van der Waals surface area contributed by atoms with Crippen molar-refractivity contribution in [1.82, 2.24) is 4.90 Å². The minimum absolute atomic E-state index is 0.250. The van der Waals surface area contributed by atoms with E-state index in [1.807, 2.05) is 22.6 Å².